The monoisotopic (exact) mass is 302 g/mol. The fraction of sp³-hybridized carbons (Fsp3) is 0.333. The first-order chi connectivity index (χ1) is 10.8. The predicted molar refractivity (Wildman–Crippen MR) is 87.4 cm³/mol. The van der Waals surface area contributed by atoms with Crippen LogP contribution in [0.25, 0.3) is 0 Å². The Hall–Kier alpha value is -1.91. The summed E-state index contributed by atoms with van der Waals surface area (Å²) in [6, 6.07) is 14.4. The molecule has 0 aliphatic carbocycles. The van der Waals surface area contributed by atoms with Crippen LogP contribution in [0, 0.1) is 5.82 Å². The second kappa shape index (κ2) is 9.18. The van der Waals surface area contributed by atoms with Crippen molar-refractivity contribution in [3.8, 4) is 5.75 Å². The summed E-state index contributed by atoms with van der Waals surface area (Å²) >= 11 is 0. The third kappa shape index (κ3) is 5.84. The number of ether oxygens (including phenoxy) is 1. The zero-order chi connectivity index (χ0) is 15.6. The Morgan fingerprint density at radius 3 is 2.59 bits per heavy atom. The lowest BCUT2D eigenvalue weighted by atomic mass is 10.2. The first kappa shape index (κ1) is 16.5. The molecule has 0 aromatic heterocycles. The van der Waals surface area contributed by atoms with E-state index in [-0.39, 0.29) is 5.82 Å². The molecular weight excluding hydrogens is 279 g/mol. The second-order valence-corrected chi connectivity index (χ2v) is 5.20. The van der Waals surface area contributed by atoms with Crippen LogP contribution in [0.2, 0.25) is 0 Å². The summed E-state index contributed by atoms with van der Waals surface area (Å²) in [5, 5.41) is 6.53. The summed E-state index contributed by atoms with van der Waals surface area (Å²) in [4.78, 5) is 0. The van der Waals surface area contributed by atoms with Gasteiger partial charge in [-0.3, -0.25) is 0 Å². The number of hydrogen-bond donors (Lipinski definition) is 2. The van der Waals surface area contributed by atoms with Crippen molar-refractivity contribution in [1.82, 2.24) is 10.6 Å². The van der Waals surface area contributed by atoms with Crippen LogP contribution in [-0.2, 0) is 13.2 Å². The van der Waals surface area contributed by atoms with E-state index < -0.39 is 0 Å². The number of rotatable bonds is 9. The Morgan fingerprint density at radius 1 is 1.00 bits per heavy atom. The average Bonchev–Trinajstić information content (AvgIpc) is 2.55. The Bertz CT molecular complexity index is 557. The van der Waals surface area contributed by atoms with Gasteiger partial charge in [0.25, 0.3) is 0 Å². The van der Waals surface area contributed by atoms with E-state index >= 15 is 0 Å². The van der Waals surface area contributed by atoms with Crippen molar-refractivity contribution in [1.29, 1.82) is 0 Å². The SMILES string of the molecule is CNCCCNCc1cccc(OCc2ccc(F)cc2)c1. The molecule has 0 saturated heterocycles. The van der Waals surface area contributed by atoms with Crippen LogP contribution in [0.4, 0.5) is 4.39 Å². The molecule has 22 heavy (non-hydrogen) atoms. The predicted octanol–water partition coefficient (Wildman–Crippen LogP) is 3.10. The zero-order valence-electron chi connectivity index (χ0n) is 12.9. The number of hydrogen-bond acceptors (Lipinski definition) is 3. The van der Waals surface area contributed by atoms with Crippen LogP contribution in [0.5, 0.6) is 5.75 Å². The zero-order valence-corrected chi connectivity index (χ0v) is 12.9. The lowest BCUT2D eigenvalue weighted by Gasteiger charge is -2.09. The summed E-state index contributed by atoms with van der Waals surface area (Å²) in [5.41, 5.74) is 2.15. The maximum absolute atomic E-state index is 12.8. The van der Waals surface area contributed by atoms with Gasteiger partial charge in [-0.25, -0.2) is 4.39 Å². The van der Waals surface area contributed by atoms with E-state index in [4.69, 9.17) is 4.74 Å². The fourth-order valence-electron chi connectivity index (χ4n) is 2.12. The highest BCUT2D eigenvalue weighted by Gasteiger charge is 1.99. The Morgan fingerprint density at radius 2 is 1.82 bits per heavy atom. The van der Waals surface area contributed by atoms with Crippen molar-refractivity contribution in [2.75, 3.05) is 20.1 Å². The highest BCUT2D eigenvalue weighted by molar-refractivity contribution is 5.29. The molecule has 0 saturated carbocycles. The Labute approximate surface area is 131 Å². The van der Waals surface area contributed by atoms with E-state index in [2.05, 4.69) is 16.7 Å². The quantitative estimate of drug-likeness (QED) is 0.698. The summed E-state index contributed by atoms with van der Waals surface area (Å²) in [6.07, 6.45) is 1.11. The van der Waals surface area contributed by atoms with Crippen molar-refractivity contribution in [3.63, 3.8) is 0 Å². The van der Waals surface area contributed by atoms with E-state index in [1.54, 1.807) is 12.1 Å². The van der Waals surface area contributed by atoms with E-state index in [1.807, 2.05) is 25.2 Å². The Kier molecular flexibility index (Phi) is 6.87. The molecule has 2 aromatic carbocycles. The van der Waals surface area contributed by atoms with Crippen LogP contribution in [0.15, 0.2) is 48.5 Å². The number of halogens is 1. The highest BCUT2D eigenvalue weighted by Crippen LogP contribution is 2.15. The van der Waals surface area contributed by atoms with Gasteiger partial charge in [0, 0.05) is 6.54 Å². The van der Waals surface area contributed by atoms with Crippen molar-refractivity contribution in [2.24, 2.45) is 0 Å². The molecule has 4 heteroatoms. The first-order valence-corrected chi connectivity index (χ1v) is 7.59. The minimum atomic E-state index is -0.227. The largest absolute Gasteiger partial charge is 0.489 e. The van der Waals surface area contributed by atoms with Gasteiger partial charge in [-0.15, -0.1) is 0 Å². The summed E-state index contributed by atoms with van der Waals surface area (Å²) in [6.45, 7) is 3.28. The fourth-order valence-corrected chi connectivity index (χ4v) is 2.12. The van der Waals surface area contributed by atoms with Gasteiger partial charge in [0.1, 0.15) is 18.2 Å². The normalized spacial score (nSPS) is 10.6. The highest BCUT2D eigenvalue weighted by atomic mass is 19.1. The molecule has 0 aliphatic heterocycles. The van der Waals surface area contributed by atoms with Crippen LogP contribution >= 0.6 is 0 Å². The van der Waals surface area contributed by atoms with E-state index in [0.717, 1.165) is 37.4 Å². The van der Waals surface area contributed by atoms with Gasteiger partial charge in [-0.05, 0) is 62.0 Å². The molecule has 0 amide bonds. The molecule has 118 valence electrons. The van der Waals surface area contributed by atoms with E-state index in [0.29, 0.717) is 6.61 Å². The van der Waals surface area contributed by atoms with Gasteiger partial charge < -0.3 is 15.4 Å². The van der Waals surface area contributed by atoms with Crippen molar-refractivity contribution >= 4 is 0 Å². The van der Waals surface area contributed by atoms with Gasteiger partial charge in [-0.1, -0.05) is 24.3 Å². The van der Waals surface area contributed by atoms with Crippen LogP contribution < -0.4 is 15.4 Å². The summed E-state index contributed by atoms with van der Waals surface area (Å²) < 4.78 is 18.6. The summed E-state index contributed by atoms with van der Waals surface area (Å²) in [7, 11) is 1.96. The molecule has 2 aromatic rings. The third-order valence-corrected chi connectivity index (χ3v) is 3.33. The number of nitrogens with one attached hydrogen (secondary N) is 2. The standard InChI is InChI=1S/C18H23FN2O/c1-20-10-3-11-21-13-16-4-2-5-18(12-16)22-14-15-6-8-17(19)9-7-15/h2,4-9,12,20-21H,3,10-11,13-14H2,1H3. The summed E-state index contributed by atoms with van der Waals surface area (Å²) in [5.74, 6) is 0.606. The molecule has 0 spiro atoms. The smallest absolute Gasteiger partial charge is 0.123 e. The molecule has 0 fully saturated rings. The van der Waals surface area contributed by atoms with E-state index in [1.165, 1.54) is 17.7 Å². The van der Waals surface area contributed by atoms with Gasteiger partial charge in [0.15, 0.2) is 0 Å². The molecule has 0 radical (unpaired) electrons. The Balaban J connectivity index is 1.79. The minimum Gasteiger partial charge on any atom is -0.489 e. The molecule has 0 bridgehead atoms. The van der Waals surface area contributed by atoms with Crippen molar-refractivity contribution < 1.29 is 9.13 Å². The van der Waals surface area contributed by atoms with Crippen molar-refractivity contribution in [2.45, 2.75) is 19.6 Å². The molecule has 0 heterocycles. The molecule has 2 N–H and O–H groups in total. The topological polar surface area (TPSA) is 33.3 Å². The third-order valence-electron chi connectivity index (χ3n) is 3.33. The van der Waals surface area contributed by atoms with Crippen LogP contribution in [0.1, 0.15) is 17.5 Å². The van der Waals surface area contributed by atoms with Crippen LogP contribution in [0.3, 0.4) is 0 Å². The van der Waals surface area contributed by atoms with Gasteiger partial charge >= 0.3 is 0 Å². The molecule has 0 unspecified atom stereocenters. The first-order valence-electron chi connectivity index (χ1n) is 7.59. The molecule has 2 rings (SSSR count). The van der Waals surface area contributed by atoms with E-state index in [9.17, 15) is 4.39 Å². The molecule has 0 aliphatic rings. The van der Waals surface area contributed by atoms with Crippen molar-refractivity contribution in [3.05, 3.63) is 65.5 Å². The minimum absolute atomic E-state index is 0.227. The second-order valence-electron chi connectivity index (χ2n) is 5.20. The van der Waals surface area contributed by atoms with Crippen LogP contribution in [-0.4, -0.2) is 20.1 Å². The molecule has 0 atom stereocenters. The maximum Gasteiger partial charge on any atom is 0.123 e. The van der Waals surface area contributed by atoms with Gasteiger partial charge in [0.2, 0.25) is 0 Å². The molecule has 3 nitrogen and oxygen atoms in total. The number of benzene rings is 2. The lowest BCUT2D eigenvalue weighted by Crippen LogP contribution is -2.19. The molecular formula is C18H23FN2O. The average molecular weight is 302 g/mol. The van der Waals surface area contributed by atoms with Gasteiger partial charge in [0.05, 0.1) is 0 Å². The lowest BCUT2D eigenvalue weighted by molar-refractivity contribution is 0.305. The maximum atomic E-state index is 12.8. The van der Waals surface area contributed by atoms with Gasteiger partial charge in [-0.2, -0.15) is 0 Å².